The van der Waals surface area contributed by atoms with Crippen LogP contribution >= 0.6 is 11.3 Å². The maximum Gasteiger partial charge on any atom is 0.252 e. The number of hydrogen-bond donors (Lipinski definition) is 1. The molecule has 6 heteroatoms. The zero-order valence-electron chi connectivity index (χ0n) is 13.9. The highest BCUT2D eigenvalue weighted by Gasteiger charge is 2.32. The van der Waals surface area contributed by atoms with Crippen LogP contribution in [0.25, 0.3) is 0 Å². The first-order valence-electron chi connectivity index (χ1n) is 8.48. The van der Waals surface area contributed by atoms with Crippen molar-refractivity contribution in [2.45, 2.75) is 38.3 Å². The minimum absolute atomic E-state index is 0.0662. The third kappa shape index (κ3) is 5.13. The van der Waals surface area contributed by atoms with E-state index in [1.165, 1.54) is 23.5 Å². The van der Waals surface area contributed by atoms with Crippen LogP contribution in [-0.4, -0.2) is 29.3 Å². The first-order valence-corrected chi connectivity index (χ1v) is 9.42. The van der Waals surface area contributed by atoms with Gasteiger partial charge in [-0.3, -0.25) is 9.59 Å². The SMILES string of the molecule is O=C(NCCCC(=O)N(Cc1cccc(F)c1)C1CC1)c1ccsc1. The molecule has 0 unspecified atom stereocenters. The number of nitrogens with one attached hydrogen (secondary N) is 1. The van der Waals surface area contributed by atoms with Crippen LogP contribution in [0.5, 0.6) is 0 Å². The van der Waals surface area contributed by atoms with Crippen LogP contribution in [0.1, 0.15) is 41.6 Å². The van der Waals surface area contributed by atoms with E-state index in [4.69, 9.17) is 0 Å². The predicted octanol–water partition coefficient (Wildman–Crippen LogP) is 3.59. The van der Waals surface area contributed by atoms with E-state index in [1.807, 2.05) is 16.3 Å². The summed E-state index contributed by atoms with van der Waals surface area (Å²) in [5, 5.41) is 6.49. The van der Waals surface area contributed by atoms with E-state index in [0.29, 0.717) is 31.5 Å². The highest BCUT2D eigenvalue weighted by molar-refractivity contribution is 7.08. The molecule has 0 bridgehead atoms. The Morgan fingerprint density at radius 1 is 1.28 bits per heavy atom. The van der Waals surface area contributed by atoms with Crippen molar-refractivity contribution in [3.63, 3.8) is 0 Å². The Hall–Kier alpha value is -2.21. The van der Waals surface area contributed by atoms with E-state index >= 15 is 0 Å². The van der Waals surface area contributed by atoms with Gasteiger partial charge >= 0.3 is 0 Å². The second kappa shape index (κ2) is 8.25. The minimum atomic E-state index is -0.281. The summed E-state index contributed by atoms with van der Waals surface area (Å²) in [7, 11) is 0. The van der Waals surface area contributed by atoms with Crippen LogP contribution in [0.3, 0.4) is 0 Å². The molecule has 132 valence electrons. The lowest BCUT2D eigenvalue weighted by Gasteiger charge is -2.22. The summed E-state index contributed by atoms with van der Waals surface area (Å²) in [5.74, 6) is -0.319. The fourth-order valence-corrected chi connectivity index (χ4v) is 3.36. The van der Waals surface area contributed by atoms with E-state index in [9.17, 15) is 14.0 Å². The molecule has 0 atom stereocenters. The highest BCUT2D eigenvalue weighted by Crippen LogP contribution is 2.29. The molecule has 1 aromatic heterocycles. The van der Waals surface area contributed by atoms with Crippen molar-refractivity contribution in [3.8, 4) is 0 Å². The average molecular weight is 360 g/mol. The lowest BCUT2D eigenvalue weighted by molar-refractivity contribution is -0.132. The molecule has 1 saturated carbocycles. The number of thiophene rings is 1. The number of nitrogens with zero attached hydrogens (tertiary/aromatic N) is 1. The van der Waals surface area contributed by atoms with Gasteiger partial charge in [0.1, 0.15) is 5.82 Å². The average Bonchev–Trinajstić information content (AvgIpc) is 3.29. The molecule has 1 heterocycles. The largest absolute Gasteiger partial charge is 0.352 e. The summed E-state index contributed by atoms with van der Waals surface area (Å²) in [4.78, 5) is 26.2. The van der Waals surface area contributed by atoms with Gasteiger partial charge in [0.2, 0.25) is 5.91 Å². The first-order chi connectivity index (χ1) is 12.1. The van der Waals surface area contributed by atoms with E-state index < -0.39 is 0 Å². The second-order valence-corrected chi connectivity index (χ2v) is 7.03. The van der Waals surface area contributed by atoms with Gasteiger partial charge in [-0.1, -0.05) is 12.1 Å². The van der Waals surface area contributed by atoms with Crippen molar-refractivity contribution in [3.05, 3.63) is 58.0 Å². The number of halogens is 1. The summed E-state index contributed by atoms with van der Waals surface area (Å²) in [5.41, 5.74) is 1.47. The van der Waals surface area contributed by atoms with E-state index in [0.717, 1.165) is 18.4 Å². The molecule has 0 saturated heterocycles. The van der Waals surface area contributed by atoms with Gasteiger partial charge < -0.3 is 10.2 Å². The van der Waals surface area contributed by atoms with Crippen molar-refractivity contribution in [1.82, 2.24) is 10.2 Å². The van der Waals surface area contributed by atoms with Gasteiger partial charge in [0.25, 0.3) is 5.91 Å². The lowest BCUT2D eigenvalue weighted by atomic mass is 10.2. The van der Waals surface area contributed by atoms with Gasteiger partial charge in [-0.05, 0) is 48.4 Å². The van der Waals surface area contributed by atoms with Gasteiger partial charge in [-0.15, -0.1) is 0 Å². The number of benzene rings is 1. The molecule has 3 rings (SSSR count). The van der Waals surface area contributed by atoms with Crippen LogP contribution in [-0.2, 0) is 11.3 Å². The molecule has 0 aliphatic heterocycles. The molecule has 1 aliphatic rings. The topological polar surface area (TPSA) is 49.4 Å². The smallest absolute Gasteiger partial charge is 0.252 e. The van der Waals surface area contributed by atoms with Crippen molar-refractivity contribution in [2.24, 2.45) is 0 Å². The summed E-state index contributed by atoms with van der Waals surface area (Å²) in [6.45, 7) is 0.918. The highest BCUT2D eigenvalue weighted by atomic mass is 32.1. The maximum absolute atomic E-state index is 13.3. The van der Waals surface area contributed by atoms with E-state index in [2.05, 4.69) is 5.32 Å². The molecule has 1 aliphatic carbocycles. The van der Waals surface area contributed by atoms with Gasteiger partial charge in [-0.25, -0.2) is 4.39 Å². The molecule has 4 nitrogen and oxygen atoms in total. The zero-order valence-corrected chi connectivity index (χ0v) is 14.7. The molecule has 1 fully saturated rings. The van der Waals surface area contributed by atoms with Crippen LogP contribution in [0.2, 0.25) is 0 Å². The predicted molar refractivity (Wildman–Crippen MR) is 95.9 cm³/mol. The van der Waals surface area contributed by atoms with Crippen molar-refractivity contribution < 1.29 is 14.0 Å². The van der Waals surface area contributed by atoms with E-state index in [-0.39, 0.29) is 23.7 Å². The second-order valence-electron chi connectivity index (χ2n) is 6.25. The molecular weight excluding hydrogens is 339 g/mol. The molecule has 1 N–H and O–H groups in total. The molecule has 1 aromatic carbocycles. The van der Waals surface area contributed by atoms with Crippen LogP contribution in [0, 0.1) is 5.82 Å². The number of amides is 2. The Kier molecular flexibility index (Phi) is 5.81. The van der Waals surface area contributed by atoms with Gasteiger partial charge in [0.15, 0.2) is 0 Å². The lowest BCUT2D eigenvalue weighted by Crippen LogP contribution is -2.33. The maximum atomic E-state index is 13.3. The Morgan fingerprint density at radius 2 is 2.12 bits per heavy atom. The summed E-state index contributed by atoms with van der Waals surface area (Å²) >= 11 is 1.48. The summed E-state index contributed by atoms with van der Waals surface area (Å²) in [6.07, 6.45) is 3.00. The number of hydrogen-bond acceptors (Lipinski definition) is 3. The molecular formula is C19H21FN2O2S. The number of carbonyl (C=O) groups is 2. The van der Waals surface area contributed by atoms with Gasteiger partial charge in [-0.2, -0.15) is 11.3 Å². The van der Waals surface area contributed by atoms with Gasteiger partial charge in [0.05, 0.1) is 0 Å². The number of carbonyl (C=O) groups excluding carboxylic acids is 2. The Morgan fingerprint density at radius 3 is 2.80 bits per heavy atom. The first kappa shape index (κ1) is 17.6. The van der Waals surface area contributed by atoms with Crippen molar-refractivity contribution in [2.75, 3.05) is 6.54 Å². The fourth-order valence-electron chi connectivity index (χ4n) is 2.72. The molecule has 2 amide bonds. The third-order valence-electron chi connectivity index (χ3n) is 4.19. The van der Waals surface area contributed by atoms with E-state index in [1.54, 1.807) is 17.5 Å². The zero-order chi connectivity index (χ0) is 17.6. The van der Waals surface area contributed by atoms with Crippen LogP contribution in [0.4, 0.5) is 4.39 Å². The Bertz CT molecular complexity index is 729. The Labute approximate surface area is 150 Å². The molecule has 0 radical (unpaired) electrons. The third-order valence-corrected chi connectivity index (χ3v) is 4.87. The fraction of sp³-hybridized carbons (Fsp3) is 0.368. The molecule has 0 spiro atoms. The van der Waals surface area contributed by atoms with Crippen molar-refractivity contribution in [1.29, 1.82) is 0 Å². The van der Waals surface area contributed by atoms with Crippen LogP contribution < -0.4 is 5.32 Å². The quantitative estimate of drug-likeness (QED) is 0.732. The summed E-state index contributed by atoms with van der Waals surface area (Å²) < 4.78 is 13.3. The van der Waals surface area contributed by atoms with Gasteiger partial charge in [0, 0.05) is 36.5 Å². The molecule has 25 heavy (non-hydrogen) atoms. The minimum Gasteiger partial charge on any atom is -0.352 e. The van der Waals surface area contributed by atoms with Crippen molar-refractivity contribution >= 4 is 23.2 Å². The number of rotatable bonds is 8. The van der Waals surface area contributed by atoms with Crippen LogP contribution in [0.15, 0.2) is 41.1 Å². The normalized spacial score (nSPS) is 13.5. The molecule has 2 aromatic rings. The monoisotopic (exact) mass is 360 g/mol. The Balaban J connectivity index is 1.46. The standard InChI is InChI=1S/C19H21FN2O2S/c20-16-4-1-3-14(11-16)12-22(17-6-7-17)18(23)5-2-9-21-19(24)15-8-10-25-13-15/h1,3-4,8,10-11,13,17H,2,5-7,9,12H2,(H,21,24). The summed E-state index contributed by atoms with van der Waals surface area (Å²) in [6, 6.07) is 8.44.